The van der Waals surface area contributed by atoms with Crippen LogP contribution in [-0.4, -0.2) is 42.0 Å². The fourth-order valence-corrected chi connectivity index (χ4v) is 3.44. The Morgan fingerprint density at radius 2 is 1.92 bits per heavy atom. The van der Waals surface area contributed by atoms with Crippen LogP contribution in [-0.2, 0) is 9.59 Å². The number of aryl methyl sites for hydroxylation is 2. The van der Waals surface area contributed by atoms with Crippen LogP contribution >= 0.6 is 0 Å². The number of benzene rings is 1. The van der Waals surface area contributed by atoms with E-state index in [9.17, 15) is 19.7 Å². The van der Waals surface area contributed by atoms with Gasteiger partial charge in [-0.15, -0.1) is 0 Å². The molecule has 1 atom stereocenters. The summed E-state index contributed by atoms with van der Waals surface area (Å²) < 4.78 is 5.91. The smallest absolute Gasteiger partial charge is 0.251 e. The number of carbonyl (C=O) groups is 2. The molecule has 0 fully saturated rings. The average Bonchev–Trinajstić information content (AvgIpc) is 2.79. The monoisotopic (exact) mass is 519 g/mol. The molecule has 1 radical (unpaired) electrons. The fraction of sp³-hybridized carbons (Fsp3) is 0.615. The maximum atomic E-state index is 13.1. The second kappa shape index (κ2) is 15.7. The third kappa shape index (κ3) is 12.9. The second-order valence-electron chi connectivity index (χ2n) is 10.3. The Bertz CT molecular complexity index is 919. The van der Waals surface area contributed by atoms with Crippen molar-refractivity contribution in [3.05, 3.63) is 46.0 Å². The Morgan fingerprint density at radius 3 is 2.57 bits per heavy atom. The molecular formula is C26H43N6O5. The summed E-state index contributed by atoms with van der Waals surface area (Å²) in [5, 5.41) is 25.2. The molecule has 1 aromatic rings. The van der Waals surface area contributed by atoms with E-state index < -0.39 is 22.4 Å². The van der Waals surface area contributed by atoms with Crippen LogP contribution in [0.1, 0.15) is 70.9 Å². The van der Waals surface area contributed by atoms with Crippen molar-refractivity contribution in [1.82, 2.24) is 21.4 Å². The largest absolute Gasteiger partial charge is 0.493 e. The molecule has 11 heteroatoms. The van der Waals surface area contributed by atoms with Gasteiger partial charge < -0.3 is 20.7 Å². The lowest BCUT2D eigenvalue weighted by Crippen LogP contribution is -2.50. The molecule has 1 aromatic carbocycles. The van der Waals surface area contributed by atoms with Crippen LogP contribution in [0.25, 0.3) is 0 Å². The molecule has 0 saturated carbocycles. The first-order valence-electron chi connectivity index (χ1n) is 12.7. The highest BCUT2D eigenvalue weighted by Crippen LogP contribution is 2.24. The minimum Gasteiger partial charge on any atom is -0.493 e. The number of carbonyl (C=O) groups excluding carboxylic acids is 2. The molecule has 0 unspecified atom stereocenters. The summed E-state index contributed by atoms with van der Waals surface area (Å²) >= 11 is 0. The SMILES string of the molecule is Cc1ccc(C)c(OCCCC(C)(C)C(=O)N[C@@H](CCCNC(=N)N[N+](=O)[O-])C(=O)N[CH]CC(C)C)c1. The Morgan fingerprint density at radius 1 is 1.22 bits per heavy atom. The number of nitrogens with zero attached hydrogens (tertiary/aromatic N) is 1. The van der Waals surface area contributed by atoms with Crippen LogP contribution in [0.2, 0.25) is 0 Å². The molecule has 5 N–H and O–H groups in total. The van der Waals surface area contributed by atoms with Crippen LogP contribution in [0.4, 0.5) is 0 Å². The molecule has 0 saturated heterocycles. The minimum atomic E-state index is -0.828. The van der Waals surface area contributed by atoms with Gasteiger partial charge in [0.15, 0.2) is 5.03 Å². The maximum absolute atomic E-state index is 13.1. The predicted molar refractivity (Wildman–Crippen MR) is 143 cm³/mol. The van der Waals surface area contributed by atoms with Crippen LogP contribution in [0.5, 0.6) is 5.75 Å². The van der Waals surface area contributed by atoms with E-state index in [4.69, 9.17) is 10.1 Å². The minimum absolute atomic E-state index is 0.230. The zero-order valence-corrected chi connectivity index (χ0v) is 22.9. The van der Waals surface area contributed by atoms with Gasteiger partial charge in [-0.05, 0) is 69.1 Å². The second-order valence-corrected chi connectivity index (χ2v) is 10.3. The van der Waals surface area contributed by atoms with Crippen molar-refractivity contribution in [3.8, 4) is 5.75 Å². The number of nitro groups is 1. The van der Waals surface area contributed by atoms with Gasteiger partial charge in [-0.3, -0.25) is 15.0 Å². The predicted octanol–water partition coefficient (Wildman–Crippen LogP) is 3.38. The van der Waals surface area contributed by atoms with Crippen LogP contribution in [0.3, 0.4) is 0 Å². The molecule has 0 spiro atoms. The Kier molecular flexibility index (Phi) is 13.4. The molecule has 0 heterocycles. The number of guanidine groups is 1. The van der Waals surface area contributed by atoms with Gasteiger partial charge in [-0.1, -0.05) is 45.3 Å². The van der Waals surface area contributed by atoms with E-state index in [1.54, 1.807) is 12.0 Å². The Labute approximate surface area is 220 Å². The quantitative estimate of drug-likeness (QED) is 0.0736. The lowest BCUT2D eigenvalue weighted by molar-refractivity contribution is -0.525. The van der Waals surface area contributed by atoms with Crippen LogP contribution in [0.15, 0.2) is 18.2 Å². The van der Waals surface area contributed by atoms with E-state index in [0.29, 0.717) is 44.6 Å². The summed E-state index contributed by atoms with van der Waals surface area (Å²) in [5.74, 6) is 0.221. The third-order valence-electron chi connectivity index (χ3n) is 5.79. The summed E-state index contributed by atoms with van der Waals surface area (Å²) in [7, 11) is 0. The molecule has 0 aliphatic rings. The molecular weight excluding hydrogens is 476 g/mol. The highest BCUT2D eigenvalue weighted by Gasteiger charge is 2.31. The number of amides is 2. The van der Waals surface area contributed by atoms with Crippen molar-refractivity contribution in [2.24, 2.45) is 11.3 Å². The van der Waals surface area contributed by atoms with Crippen molar-refractivity contribution >= 4 is 17.8 Å². The highest BCUT2D eigenvalue weighted by molar-refractivity contribution is 5.90. The zero-order chi connectivity index (χ0) is 28.0. The first-order valence-corrected chi connectivity index (χ1v) is 12.7. The maximum Gasteiger partial charge on any atom is 0.251 e. The van der Waals surface area contributed by atoms with Crippen molar-refractivity contribution in [2.75, 3.05) is 13.2 Å². The van der Waals surface area contributed by atoms with E-state index in [0.717, 1.165) is 16.9 Å². The molecule has 0 aromatic heterocycles. The van der Waals surface area contributed by atoms with Gasteiger partial charge in [-0.25, -0.2) is 10.1 Å². The van der Waals surface area contributed by atoms with Gasteiger partial charge in [0.1, 0.15) is 11.8 Å². The zero-order valence-electron chi connectivity index (χ0n) is 22.9. The standard InChI is InChI=1S/C26H43N6O5/c1-18(2)12-15-28-23(33)21(9-7-14-29-25(27)31-32(35)36)30-24(34)26(5,6)13-8-16-37-22-17-19(3)10-11-20(22)4/h10-11,15,17-18,21H,7-9,12-14,16H2,1-6H3,(H,28,33)(H,30,34)(H3,27,29,31)/t21-/m0/s1. The van der Waals surface area contributed by atoms with Crippen molar-refractivity contribution in [3.63, 3.8) is 0 Å². The summed E-state index contributed by atoms with van der Waals surface area (Å²) in [5.41, 5.74) is 3.18. The molecule has 2 amide bonds. The number of nitrogens with one attached hydrogen (secondary N) is 5. The number of hydrazine groups is 1. The molecule has 0 aliphatic heterocycles. The van der Waals surface area contributed by atoms with Crippen molar-refractivity contribution in [1.29, 1.82) is 5.41 Å². The van der Waals surface area contributed by atoms with E-state index in [2.05, 4.69) is 16.0 Å². The van der Waals surface area contributed by atoms with Crippen LogP contribution in [0, 0.1) is 47.2 Å². The van der Waals surface area contributed by atoms with Gasteiger partial charge in [0.25, 0.3) is 5.96 Å². The van der Waals surface area contributed by atoms with E-state index in [1.807, 2.05) is 59.7 Å². The summed E-state index contributed by atoms with van der Waals surface area (Å²) in [6, 6.07) is 5.27. The lowest BCUT2D eigenvalue weighted by atomic mass is 9.86. The summed E-state index contributed by atoms with van der Waals surface area (Å²) in [4.78, 5) is 36.3. The van der Waals surface area contributed by atoms with E-state index in [1.165, 1.54) is 0 Å². The number of rotatable bonds is 16. The first kappa shape index (κ1) is 31.7. The number of hydrogen-bond acceptors (Lipinski definition) is 6. The van der Waals surface area contributed by atoms with Crippen molar-refractivity contribution < 1.29 is 19.4 Å². The van der Waals surface area contributed by atoms with Gasteiger partial charge in [-0.2, -0.15) is 0 Å². The molecule has 0 aliphatic carbocycles. The molecule has 11 nitrogen and oxygen atoms in total. The molecule has 207 valence electrons. The Balaban J connectivity index is 2.64. The van der Waals surface area contributed by atoms with Gasteiger partial charge in [0.05, 0.1) is 6.61 Å². The van der Waals surface area contributed by atoms with Crippen molar-refractivity contribution in [2.45, 2.75) is 79.7 Å². The van der Waals surface area contributed by atoms with Gasteiger partial charge in [0, 0.05) is 18.5 Å². The highest BCUT2D eigenvalue weighted by atomic mass is 16.7. The number of ether oxygens (including phenoxy) is 1. The van der Waals surface area contributed by atoms with E-state index in [-0.39, 0.29) is 18.4 Å². The molecule has 1 rings (SSSR count). The first-order chi connectivity index (χ1) is 17.3. The summed E-state index contributed by atoms with van der Waals surface area (Å²) in [6.07, 6.45) is 2.65. The topological polar surface area (TPSA) is 158 Å². The van der Waals surface area contributed by atoms with Gasteiger partial charge in [0.2, 0.25) is 11.8 Å². The summed E-state index contributed by atoms with van der Waals surface area (Å²) in [6.45, 7) is 14.2. The average molecular weight is 520 g/mol. The fourth-order valence-electron chi connectivity index (χ4n) is 3.44. The number of hydrogen-bond donors (Lipinski definition) is 5. The normalized spacial score (nSPS) is 12.0. The third-order valence-corrected chi connectivity index (χ3v) is 5.79. The van der Waals surface area contributed by atoms with E-state index >= 15 is 0 Å². The Hall–Kier alpha value is -3.37. The lowest BCUT2D eigenvalue weighted by Gasteiger charge is -2.27. The van der Waals surface area contributed by atoms with Crippen LogP contribution < -0.4 is 26.1 Å². The molecule has 0 bridgehead atoms. The molecule has 37 heavy (non-hydrogen) atoms. The van der Waals surface area contributed by atoms with Gasteiger partial charge >= 0.3 is 0 Å².